The summed E-state index contributed by atoms with van der Waals surface area (Å²) in [7, 11) is 0. The summed E-state index contributed by atoms with van der Waals surface area (Å²) in [6.45, 7) is 6.65. The predicted molar refractivity (Wildman–Crippen MR) is 78.5 cm³/mol. The summed E-state index contributed by atoms with van der Waals surface area (Å²) >= 11 is 0. The third-order valence-corrected chi connectivity index (χ3v) is 1.28. The SMILES string of the molecule is CCC([NH-])=O.CCC([NH-])=O.CCC([NH-])=O.CCC([NH-])=O.[Zr+4]. The van der Waals surface area contributed by atoms with Crippen LogP contribution in [0.3, 0.4) is 0 Å². The summed E-state index contributed by atoms with van der Waals surface area (Å²) in [5, 5.41) is 0. The van der Waals surface area contributed by atoms with Crippen LogP contribution in [0.2, 0.25) is 0 Å². The van der Waals surface area contributed by atoms with Gasteiger partial charge in [0.05, 0.1) is 0 Å². The van der Waals surface area contributed by atoms with Crippen molar-refractivity contribution in [1.29, 1.82) is 0 Å². The molecule has 0 aromatic heterocycles. The molecule has 0 unspecified atom stereocenters. The Balaban J connectivity index is -0.0000000533. The van der Waals surface area contributed by atoms with E-state index in [4.69, 9.17) is 22.9 Å². The second-order valence-electron chi connectivity index (χ2n) is 3.11. The summed E-state index contributed by atoms with van der Waals surface area (Å²) in [6, 6.07) is 0. The molecule has 0 aliphatic heterocycles. The standard InChI is InChI=1S/4C3H7NO.Zr/c4*1-2-3(4)5;/h4*2H2,1H3,(H2,4,5);/q;;;;+4/p-4. The molecule has 0 fully saturated rings. The average molecular weight is 380 g/mol. The number of carbonyl (C=O) groups excluding carboxylic acids is 4. The van der Waals surface area contributed by atoms with Crippen molar-refractivity contribution in [1.82, 2.24) is 0 Å². The number of rotatable bonds is 4. The molecule has 0 heterocycles. The second kappa shape index (κ2) is 27.2. The van der Waals surface area contributed by atoms with Gasteiger partial charge in [-0.3, -0.25) is 0 Å². The largest absolute Gasteiger partial charge is 4.00 e. The first-order valence-corrected chi connectivity index (χ1v) is 6.06. The molecule has 4 N–H and O–H groups in total. The number of carbonyl (C=O) groups is 4. The van der Waals surface area contributed by atoms with Crippen molar-refractivity contribution in [3.8, 4) is 0 Å². The minimum atomic E-state index is -0.495. The summed E-state index contributed by atoms with van der Waals surface area (Å²) in [4.78, 5) is 37.9. The van der Waals surface area contributed by atoms with E-state index in [0.29, 0.717) is 25.7 Å². The van der Waals surface area contributed by atoms with Crippen LogP contribution in [0.4, 0.5) is 0 Å². The van der Waals surface area contributed by atoms with Gasteiger partial charge < -0.3 is 42.1 Å². The van der Waals surface area contributed by atoms with E-state index in [1.165, 1.54) is 0 Å². The van der Waals surface area contributed by atoms with Crippen LogP contribution in [0, 0.1) is 0 Å². The summed E-state index contributed by atoms with van der Waals surface area (Å²) in [5.41, 5.74) is 24.8. The van der Waals surface area contributed by atoms with Crippen LogP contribution in [0.25, 0.3) is 22.9 Å². The van der Waals surface area contributed by atoms with Gasteiger partial charge in [-0.05, 0) is 25.7 Å². The third-order valence-electron chi connectivity index (χ3n) is 1.28. The van der Waals surface area contributed by atoms with Crippen molar-refractivity contribution < 1.29 is 45.4 Å². The van der Waals surface area contributed by atoms with Gasteiger partial charge in [-0.25, -0.2) is 0 Å². The van der Waals surface area contributed by atoms with E-state index in [9.17, 15) is 19.2 Å². The fourth-order valence-corrected chi connectivity index (χ4v) is 0. The monoisotopic (exact) mass is 378 g/mol. The van der Waals surface area contributed by atoms with Gasteiger partial charge in [0.2, 0.25) is 0 Å². The van der Waals surface area contributed by atoms with Crippen LogP contribution in [-0.2, 0) is 45.4 Å². The van der Waals surface area contributed by atoms with E-state index in [1.807, 2.05) is 0 Å². The molecule has 21 heavy (non-hydrogen) atoms. The molecule has 0 spiro atoms. The average Bonchev–Trinajstić information content (AvgIpc) is 2.40. The van der Waals surface area contributed by atoms with Gasteiger partial charge in [0.15, 0.2) is 0 Å². The van der Waals surface area contributed by atoms with Gasteiger partial charge in [-0.1, -0.05) is 27.7 Å². The summed E-state index contributed by atoms with van der Waals surface area (Å²) in [5.74, 6) is -1.98. The van der Waals surface area contributed by atoms with E-state index < -0.39 is 23.6 Å². The number of nitrogens with one attached hydrogen (secondary N) is 4. The smallest absolute Gasteiger partial charge is 0.668 e. The van der Waals surface area contributed by atoms with Gasteiger partial charge in [0, 0.05) is 23.6 Å². The number of hydrogen-bond acceptors (Lipinski definition) is 4. The minimum absolute atomic E-state index is 0. The number of amides is 4. The molecule has 9 heteroatoms. The molecule has 0 aromatic rings. The van der Waals surface area contributed by atoms with Crippen LogP contribution in [-0.4, -0.2) is 23.6 Å². The van der Waals surface area contributed by atoms with Crippen LogP contribution in [0.5, 0.6) is 0 Å². The minimum Gasteiger partial charge on any atom is -0.668 e. The first-order valence-electron chi connectivity index (χ1n) is 6.06. The van der Waals surface area contributed by atoms with Crippen LogP contribution in [0.1, 0.15) is 53.4 Å². The van der Waals surface area contributed by atoms with E-state index in [-0.39, 0.29) is 26.2 Å². The first kappa shape index (κ1) is 31.9. The van der Waals surface area contributed by atoms with Crippen LogP contribution < -0.4 is 0 Å². The van der Waals surface area contributed by atoms with Crippen molar-refractivity contribution in [2.24, 2.45) is 0 Å². The fourth-order valence-electron chi connectivity index (χ4n) is 0. The Kier molecular flexibility index (Phi) is 41.3. The quantitative estimate of drug-likeness (QED) is 0.723. The van der Waals surface area contributed by atoms with Gasteiger partial charge in [0.1, 0.15) is 0 Å². The zero-order valence-electron chi connectivity index (χ0n) is 13.0. The predicted octanol–water partition coefficient (Wildman–Crippen LogP) is 3.90. The van der Waals surface area contributed by atoms with Crippen molar-refractivity contribution in [2.75, 3.05) is 0 Å². The van der Waals surface area contributed by atoms with Gasteiger partial charge >= 0.3 is 26.2 Å². The van der Waals surface area contributed by atoms with E-state index in [1.54, 1.807) is 27.7 Å². The molecular formula is C12H24N4O4Zr. The van der Waals surface area contributed by atoms with E-state index >= 15 is 0 Å². The van der Waals surface area contributed by atoms with Crippen molar-refractivity contribution in [3.63, 3.8) is 0 Å². The molecule has 0 saturated heterocycles. The van der Waals surface area contributed by atoms with E-state index in [2.05, 4.69) is 0 Å². The van der Waals surface area contributed by atoms with Gasteiger partial charge in [-0.2, -0.15) is 0 Å². The Morgan fingerprint density at radius 3 is 0.571 bits per heavy atom. The van der Waals surface area contributed by atoms with Gasteiger partial charge in [0.25, 0.3) is 0 Å². The molecule has 0 bridgehead atoms. The maximum atomic E-state index is 9.48. The fraction of sp³-hybridized carbons (Fsp3) is 0.667. The molecule has 0 atom stereocenters. The third kappa shape index (κ3) is 115. The first-order chi connectivity index (χ1) is 9.08. The Morgan fingerprint density at radius 2 is 0.571 bits per heavy atom. The van der Waals surface area contributed by atoms with Crippen molar-refractivity contribution >= 4 is 23.6 Å². The summed E-state index contributed by atoms with van der Waals surface area (Å²) in [6.07, 6.45) is 1.33. The maximum Gasteiger partial charge on any atom is 4.00 e. The molecule has 4 amide bonds. The van der Waals surface area contributed by atoms with E-state index in [0.717, 1.165) is 0 Å². The number of hydrogen-bond donors (Lipinski definition) is 0. The Bertz CT molecular complexity index is 230. The normalized spacial score (nSPS) is 7.05. The zero-order chi connectivity index (χ0) is 17.1. The van der Waals surface area contributed by atoms with Crippen molar-refractivity contribution in [2.45, 2.75) is 53.4 Å². The second-order valence-corrected chi connectivity index (χ2v) is 3.11. The van der Waals surface area contributed by atoms with Crippen LogP contribution >= 0.6 is 0 Å². The molecule has 8 nitrogen and oxygen atoms in total. The molecular weight excluding hydrogens is 355 g/mol. The zero-order valence-corrected chi connectivity index (χ0v) is 15.4. The molecule has 0 aliphatic carbocycles. The Morgan fingerprint density at radius 1 is 0.524 bits per heavy atom. The Hall–Kier alpha value is -1.24. The molecule has 0 saturated carbocycles. The van der Waals surface area contributed by atoms with Crippen LogP contribution in [0.15, 0.2) is 0 Å². The van der Waals surface area contributed by atoms with Gasteiger partial charge in [-0.15, -0.1) is 0 Å². The molecule has 0 radical (unpaired) electrons. The maximum absolute atomic E-state index is 9.48. The summed E-state index contributed by atoms with van der Waals surface area (Å²) < 4.78 is 0. The molecule has 0 aromatic carbocycles. The van der Waals surface area contributed by atoms with Crippen molar-refractivity contribution in [3.05, 3.63) is 22.9 Å². The molecule has 0 aliphatic rings. The Labute approximate surface area is 145 Å². The molecule has 0 rings (SSSR count). The topological polar surface area (TPSA) is 163 Å². The molecule has 120 valence electrons.